The van der Waals surface area contributed by atoms with Crippen LogP contribution < -0.4 is 5.32 Å². The molecule has 2 aromatic rings. The Labute approximate surface area is 137 Å². The number of halogens is 3. The van der Waals surface area contributed by atoms with E-state index < -0.39 is 11.9 Å². The van der Waals surface area contributed by atoms with E-state index in [0.29, 0.717) is 31.3 Å². The SMILES string of the molecule is FC(F)(F)c1cn2c(n1)CC[C@@H](CNc1ccnc(C3CC3)n1)C2. The van der Waals surface area contributed by atoms with Crippen molar-refractivity contribution in [2.24, 2.45) is 5.92 Å². The van der Waals surface area contributed by atoms with Gasteiger partial charge in [-0.3, -0.25) is 0 Å². The summed E-state index contributed by atoms with van der Waals surface area (Å²) >= 11 is 0. The highest BCUT2D eigenvalue weighted by atomic mass is 19.4. The van der Waals surface area contributed by atoms with Crippen molar-refractivity contribution >= 4 is 5.82 Å². The molecule has 1 saturated carbocycles. The van der Waals surface area contributed by atoms with Crippen LogP contribution in [0.1, 0.15) is 42.5 Å². The van der Waals surface area contributed by atoms with Gasteiger partial charge in [-0.1, -0.05) is 0 Å². The molecule has 128 valence electrons. The molecule has 0 radical (unpaired) electrons. The Morgan fingerprint density at radius 1 is 1.21 bits per heavy atom. The van der Waals surface area contributed by atoms with Gasteiger partial charge in [0.15, 0.2) is 5.69 Å². The van der Waals surface area contributed by atoms with Crippen molar-refractivity contribution in [2.75, 3.05) is 11.9 Å². The zero-order valence-electron chi connectivity index (χ0n) is 13.1. The van der Waals surface area contributed by atoms with Gasteiger partial charge in [-0.05, 0) is 31.2 Å². The maximum absolute atomic E-state index is 12.7. The fraction of sp³-hybridized carbons (Fsp3) is 0.562. The Balaban J connectivity index is 1.38. The summed E-state index contributed by atoms with van der Waals surface area (Å²) in [6, 6.07) is 1.83. The predicted octanol–water partition coefficient (Wildman–Crippen LogP) is 3.24. The third kappa shape index (κ3) is 3.22. The van der Waals surface area contributed by atoms with Gasteiger partial charge >= 0.3 is 6.18 Å². The van der Waals surface area contributed by atoms with Crippen LogP contribution in [0.25, 0.3) is 0 Å². The molecule has 1 fully saturated rings. The van der Waals surface area contributed by atoms with Crippen LogP contribution in [-0.4, -0.2) is 26.1 Å². The molecule has 0 aromatic carbocycles. The maximum Gasteiger partial charge on any atom is 0.434 e. The molecular weight excluding hydrogens is 319 g/mol. The molecule has 2 aliphatic rings. The van der Waals surface area contributed by atoms with E-state index in [9.17, 15) is 13.2 Å². The van der Waals surface area contributed by atoms with Crippen LogP contribution in [0.3, 0.4) is 0 Å². The maximum atomic E-state index is 12.7. The fourth-order valence-corrected chi connectivity index (χ4v) is 3.08. The van der Waals surface area contributed by atoms with Crippen molar-refractivity contribution in [3.63, 3.8) is 0 Å². The predicted molar refractivity (Wildman–Crippen MR) is 81.5 cm³/mol. The van der Waals surface area contributed by atoms with Gasteiger partial charge in [-0.15, -0.1) is 0 Å². The Hall–Kier alpha value is -2.12. The van der Waals surface area contributed by atoms with E-state index >= 15 is 0 Å². The van der Waals surface area contributed by atoms with Crippen molar-refractivity contribution in [3.05, 3.63) is 35.8 Å². The average molecular weight is 337 g/mol. The summed E-state index contributed by atoms with van der Waals surface area (Å²) in [4.78, 5) is 12.5. The first-order valence-corrected chi connectivity index (χ1v) is 8.19. The molecule has 0 unspecified atom stereocenters. The second-order valence-electron chi connectivity index (χ2n) is 6.55. The normalized spacial score (nSPS) is 20.7. The highest BCUT2D eigenvalue weighted by Crippen LogP contribution is 2.38. The molecule has 4 rings (SSSR count). The van der Waals surface area contributed by atoms with Crippen molar-refractivity contribution < 1.29 is 13.2 Å². The minimum absolute atomic E-state index is 0.257. The third-order valence-electron chi connectivity index (χ3n) is 4.57. The fourth-order valence-electron chi connectivity index (χ4n) is 3.08. The quantitative estimate of drug-likeness (QED) is 0.930. The van der Waals surface area contributed by atoms with Crippen LogP contribution in [0, 0.1) is 5.92 Å². The van der Waals surface area contributed by atoms with Gasteiger partial charge in [0.05, 0.1) is 0 Å². The van der Waals surface area contributed by atoms with Crippen LogP contribution in [0.4, 0.5) is 19.0 Å². The smallest absolute Gasteiger partial charge is 0.370 e. The Kier molecular flexibility index (Phi) is 3.69. The lowest BCUT2D eigenvalue weighted by atomic mass is 9.99. The summed E-state index contributed by atoms with van der Waals surface area (Å²) in [6.07, 6.45) is 2.19. The van der Waals surface area contributed by atoms with Gasteiger partial charge in [-0.2, -0.15) is 13.2 Å². The number of hydrogen-bond acceptors (Lipinski definition) is 4. The largest absolute Gasteiger partial charge is 0.434 e. The first-order valence-electron chi connectivity index (χ1n) is 8.19. The lowest BCUT2D eigenvalue weighted by Gasteiger charge is -2.24. The van der Waals surface area contributed by atoms with Crippen LogP contribution >= 0.6 is 0 Å². The Morgan fingerprint density at radius 3 is 2.79 bits per heavy atom. The molecule has 1 aliphatic heterocycles. The Bertz CT molecular complexity index is 736. The standard InChI is InChI=1S/C16H18F3N5/c17-16(18,19)12-9-24-8-10(1-4-14(24)22-12)7-21-13-5-6-20-15(23-13)11-2-3-11/h5-6,9-11H,1-4,7-8H2,(H,20,21,23)/t10-/m0/s1. The number of alkyl halides is 3. The number of fused-ring (bicyclic) bond motifs is 1. The monoisotopic (exact) mass is 337 g/mol. The minimum atomic E-state index is -4.38. The second kappa shape index (κ2) is 5.75. The molecule has 1 N–H and O–H groups in total. The van der Waals surface area contributed by atoms with Crippen LogP contribution in [0.2, 0.25) is 0 Å². The van der Waals surface area contributed by atoms with Crippen LogP contribution in [0.15, 0.2) is 18.5 Å². The van der Waals surface area contributed by atoms with Gasteiger partial charge in [0.1, 0.15) is 17.5 Å². The molecule has 0 bridgehead atoms. The summed E-state index contributed by atoms with van der Waals surface area (Å²) in [5, 5.41) is 3.30. The minimum Gasteiger partial charge on any atom is -0.370 e. The number of nitrogens with one attached hydrogen (secondary N) is 1. The summed E-state index contributed by atoms with van der Waals surface area (Å²) in [5.41, 5.74) is -0.795. The molecular formula is C16H18F3N5. The number of rotatable bonds is 4. The highest BCUT2D eigenvalue weighted by molar-refractivity contribution is 5.34. The van der Waals surface area contributed by atoms with Crippen molar-refractivity contribution in [2.45, 2.75) is 44.3 Å². The first kappa shape index (κ1) is 15.4. The van der Waals surface area contributed by atoms with E-state index in [2.05, 4.69) is 20.3 Å². The third-order valence-corrected chi connectivity index (χ3v) is 4.57. The lowest BCUT2D eigenvalue weighted by molar-refractivity contribution is -0.141. The zero-order valence-corrected chi connectivity index (χ0v) is 13.1. The van der Waals surface area contributed by atoms with E-state index in [1.165, 1.54) is 0 Å². The van der Waals surface area contributed by atoms with E-state index in [4.69, 9.17) is 0 Å². The van der Waals surface area contributed by atoms with E-state index in [-0.39, 0.29) is 5.92 Å². The summed E-state index contributed by atoms with van der Waals surface area (Å²) < 4.78 is 39.9. The van der Waals surface area contributed by atoms with E-state index in [1.807, 2.05) is 6.07 Å². The number of aryl methyl sites for hydroxylation is 1. The molecule has 1 atom stereocenters. The van der Waals surface area contributed by atoms with Crippen molar-refractivity contribution in [1.82, 2.24) is 19.5 Å². The average Bonchev–Trinajstić information content (AvgIpc) is 3.31. The Morgan fingerprint density at radius 2 is 2.04 bits per heavy atom. The number of aromatic nitrogens is 4. The summed E-state index contributed by atoms with van der Waals surface area (Å²) in [7, 11) is 0. The summed E-state index contributed by atoms with van der Waals surface area (Å²) in [5.74, 6) is 2.95. The number of hydrogen-bond donors (Lipinski definition) is 1. The molecule has 1 aliphatic carbocycles. The molecule has 3 heterocycles. The van der Waals surface area contributed by atoms with Gasteiger partial charge in [0.25, 0.3) is 0 Å². The van der Waals surface area contributed by atoms with Gasteiger partial charge < -0.3 is 9.88 Å². The molecule has 5 nitrogen and oxygen atoms in total. The van der Waals surface area contributed by atoms with Crippen LogP contribution in [-0.2, 0) is 19.1 Å². The molecule has 24 heavy (non-hydrogen) atoms. The zero-order chi connectivity index (χ0) is 16.7. The summed E-state index contributed by atoms with van der Waals surface area (Å²) in [6.45, 7) is 1.23. The molecule has 0 saturated heterocycles. The topological polar surface area (TPSA) is 55.6 Å². The first-order chi connectivity index (χ1) is 11.5. The van der Waals surface area contributed by atoms with Gasteiger partial charge in [0.2, 0.25) is 0 Å². The van der Waals surface area contributed by atoms with Gasteiger partial charge in [-0.25, -0.2) is 15.0 Å². The highest BCUT2D eigenvalue weighted by Gasteiger charge is 2.35. The van der Waals surface area contributed by atoms with E-state index in [1.54, 1.807) is 10.8 Å². The van der Waals surface area contributed by atoms with Crippen molar-refractivity contribution in [3.8, 4) is 0 Å². The van der Waals surface area contributed by atoms with Crippen LogP contribution in [0.5, 0.6) is 0 Å². The van der Waals surface area contributed by atoms with Crippen molar-refractivity contribution in [1.29, 1.82) is 0 Å². The molecule has 2 aromatic heterocycles. The molecule has 0 amide bonds. The molecule has 8 heteroatoms. The van der Waals surface area contributed by atoms with E-state index in [0.717, 1.165) is 37.1 Å². The van der Waals surface area contributed by atoms with Gasteiger partial charge in [0, 0.05) is 37.8 Å². The lowest BCUT2D eigenvalue weighted by Crippen LogP contribution is -2.26. The number of nitrogens with zero attached hydrogens (tertiary/aromatic N) is 4. The second-order valence-corrected chi connectivity index (χ2v) is 6.55. The number of imidazole rings is 1. The number of anilines is 1. The molecule has 0 spiro atoms.